The number of aromatic nitrogens is 5. The molecular formula is C32H48FN7O4Si. The van der Waals surface area contributed by atoms with E-state index in [1.165, 1.54) is 10.9 Å². The van der Waals surface area contributed by atoms with Crippen molar-refractivity contribution in [2.75, 3.05) is 18.5 Å². The molecule has 1 saturated carbocycles. The van der Waals surface area contributed by atoms with Gasteiger partial charge in [-0.2, -0.15) is 14.6 Å². The van der Waals surface area contributed by atoms with Crippen LogP contribution in [0.25, 0.3) is 11.1 Å². The predicted molar refractivity (Wildman–Crippen MR) is 174 cm³/mol. The number of halogens is 1. The van der Waals surface area contributed by atoms with Gasteiger partial charge in [-0.05, 0) is 69.2 Å². The fourth-order valence-corrected chi connectivity index (χ4v) is 6.55. The van der Waals surface area contributed by atoms with Gasteiger partial charge in [-0.25, -0.2) is 9.67 Å². The molecule has 45 heavy (non-hydrogen) atoms. The first-order valence-electron chi connectivity index (χ1n) is 15.9. The summed E-state index contributed by atoms with van der Waals surface area (Å²) in [6.45, 7) is 14.1. The number of amides is 2. The van der Waals surface area contributed by atoms with Crippen molar-refractivity contribution in [1.29, 1.82) is 0 Å². The maximum Gasteiger partial charge on any atom is 0.270 e. The fourth-order valence-electron chi connectivity index (χ4n) is 5.79. The van der Waals surface area contributed by atoms with Crippen molar-refractivity contribution in [1.82, 2.24) is 29.9 Å². The second-order valence-corrected chi connectivity index (χ2v) is 19.0. The summed E-state index contributed by atoms with van der Waals surface area (Å²) in [4.78, 5) is 31.0. The monoisotopic (exact) mass is 641 g/mol. The summed E-state index contributed by atoms with van der Waals surface area (Å²) in [5, 5.41) is 23.6. The molecule has 11 nitrogen and oxygen atoms in total. The Morgan fingerprint density at radius 1 is 1.13 bits per heavy atom. The van der Waals surface area contributed by atoms with Gasteiger partial charge in [0.1, 0.15) is 24.3 Å². The van der Waals surface area contributed by atoms with Crippen LogP contribution in [0.15, 0.2) is 24.4 Å². The number of nitrogens with one attached hydrogen (secondary N) is 2. The van der Waals surface area contributed by atoms with Crippen LogP contribution in [0.3, 0.4) is 0 Å². The molecular weight excluding hydrogens is 593 g/mol. The van der Waals surface area contributed by atoms with Crippen LogP contribution in [0.2, 0.25) is 25.7 Å². The van der Waals surface area contributed by atoms with Crippen molar-refractivity contribution in [3.05, 3.63) is 47.4 Å². The van der Waals surface area contributed by atoms with Gasteiger partial charge in [0.25, 0.3) is 5.91 Å². The predicted octanol–water partition coefficient (Wildman–Crippen LogP) is 5.16. The molecule has 13 heteroatoms. The molecule has 1 fully saturated rings. The van der Waals surface area contributed by atoms with E-state index in [2.05, 4.69) is 52.4 Å². The van der Waals surface area contributed by atoms with Crippen LogP contribution in [-0.2, 0) is 22.8 Å². The van der Waals surface area contributed by atoms with Crippen LogP contribution in [0.1, 0.15) is 60.9 Å². The molecule has 0 bridgehead atoms. The molecule has 3 aromatic heterocycles. The molecule has 0 spiro atoms. The second-order valence-electron chi connectivity index (χ2n) is 13.4. The van der Waals surface area contributed by atoms with E-state index in [1.807, 2.05) is 13.8 Å². The molecule has 0 aromatic carbocycles. The fraction of sp³-hybridized carbons (Fsp3) is 0.594. The third-order valence-electron chi connectivity index (χ3n) is 8.54. The lowest BCUT2D eigenvalue weighted by atomic mass is 9.79. The number of aliphatic hydroxyl groups excluding tert-OH is 1. The van der Waals surface area contributed by atoms with Crippen molar-refractivity contribution in [3.8, 4) is 11.1 Å². The molecule has 3 N–H and O–H groups in total. The van der Waals surface area contributed by atoms with Gasteiger partial charge in [0.15, 0.2) is 0 Å². The molecule has 2 amide bonds. The van der Waals surface area contributed by atoms with E-state index in [4.69, 9.17) is 4.74 Å². The van der Waals surface area contributed by atoms with Gasteiger partial charge in [0, 0.05) is 50.9 Å². The minimum atomic E-state index is -1.21. The Balaban J connectivity index is 1.49. The summed E-state index contributed by atoms with van der Waals surface area (Å²) in [5.41, 5.74) is 2.67. The second kappa shape index (κ2) is 15.2. The maximum absolute atomic E-state index is 15.5. The number of pyridine rings is 1. The number of hydrogen-bond acceptors (Lipinski definition) is 7. The number of carbonyl (C=O) groups is 2. The Morgan fingerprint density at radius 3 is 2.53 bits per heavy atom. The van der Waals surface area contributed by atoms with Gasteiger partial charge in [-0.3, -0.25) is 14.3 Å². The average Bonchev–Trinajstić information content (AvgIpc) is 3.56. The first kappa shape index (κ1) is 34.5. The molecule has 4 rings (SSSR count). The topological polar surface area (TPSA) is 136 Å². The maximum atomic E-state index is 15.5. The number of hydrogen-bond donors (Lipinski definition) is 3. The summed E-state index contributed by atoms with van der Waals surface area (Å²) in [6.07, 6.45) is 5.45. The van der Waals surface area contributed by atoms with E-state index in [0.29, 0.717) is 48.0 Å². The highest BCUT2D eigenvalue weighted by molar-refractivity contribution is 6.76. The molecule has 0 unspecified atom stereocenters. The highest BCUT2D eigenvalue weighted by atomic mass is 28.3. The minimum Gasteiger partial charge on any atom is -0.396 e. The van der Waals surface area contributed by atoms with E-state index in [-0.39, 0.29) is 25.1 Å². The van der Waals surface area contributed by atoms with Crippen LogP contribution in [0.5, 0.6) is 0 Å². The van der Waals surface area contributed by atoms with Gasteiger partial charge in [0.05, 0.1) is 5.69 Å². The average molecular weight is 642 g/mol. The zero-order chi connectivity index (χ0) is 32.7. The molecule has 1 aliphatic carbocycles. The summed E-state index contributed by atoms with van der Waals surface area (Å²) in [6, 6.07) is 4.97. The van der Waals surface area contributed by atoms with E-state index in [9.17, 15) is 14.7 Å². The number of nitrogens with zero attached hydrogens (tertiary/aromatic N) is 5. The van der Waals surface area contributed by atoms with Crippen LogP contribution in [-0.4, -0.2) is 68.8 Å². The molecule has 0 radical (unpaired) electrons. The Morgan fingerprint density at radius 2 is 1.87 bits per heavy atom. The van der Waals surface area contributed by atoms with Gasteiger partial charge >= 0.3 is 0 Å². The smallest absolute Gasteiger partial charge is 0.270 e. The molecule has 1 atom stereocenters. The number of rotatable bonds is 14. The number of anilines is 1. The number of aliphatic hydroxyl groups is 1. The van der Waals surface area contributed by atoms with Gasteiger partial charge in [-0.1, -0.05) is 39.4 Å². The summed E-state index contributed by atoms with van der Waals surface area (Å²) in [7, 11) is -1.21. The van der Waals surface area contributed by atoms with Crippen LogP contribution >= 0.6 is 0 Å². The summed E-state index contributed by atoms with van der Waals surface area (Å²) in [5.74, 6) is -1.05. The van der Waals surface area contributed by atoms with Crippen molar-refractivity contribution in [2.45, 2.75) is 97.9 Å². The molecule has 0 saturated heterocycles. The molecule has 1 aliphatic rings. The lowest BCUT2D eigenvalue weighted by molar-refractivity contribution is -0.119. The normalized spacial score (nSPS) is 17.7. The Kier molecular flexibility index (Phi) is 11.7. The van der Waals surface area contributed by atoms with Crippen LogP contribution in [0.4, 0.5) is 10.2 Å². The Hall–Kier alpha value is -3.42. The van der Waals surface area contributed by atoms with Crippen LogP contribution in [0, 0.1) is 31.6 Å². The largest absolute Gasteiger partial charge is 0.396 e. The Bertz CT molecular complexity index is 1460. The Labute approximate surface area is 266 Å². The first-order valence-corrected chi connectivity index (χ1v) is 19.6. The highest BCUT2D eigenvalue weighted by Gasteiger charge is 2.33. The van der Waals surface area contributed by atoms with E-state index >= 15 is 4.39 Å². The third-order valence-corrected chi connectivity index (χ3v) is 10.2. The third kappa shape index (κ3) is 9.07. The van der Waals surface area contributed by atoms with Crippen molar-refractivity contribution in [3.63, 3.8) is 0 Å². The number of carbonyl (C=O) groups excluding carboxylic acids is 2. The summed E-state index contributed by atoms with van der Waals surface area (Å²) < 4.78 is 24.6. The van der Waals surface area contributed by atoms with E-state index in [1.54, 1.807) is 22.9 Å². The van der Waals surface area contributed by atoms with E-state index < -0.39 is 31.9 Å². The van der Waals surface area contributed by atoms with Crippen molar-refractivity contribution < 1.29 is 23.8 Å². The number of ether oxygens (including phenoxy) is 1. The molecule has 0 aliphatic heterocycles. The standard InChI is InChI=1S/C32H48FN7O4Si/c1-21-8-10-24(11-9-21)29(37-31(42)26-14-15-34-39(26)16-7-17-41)32(43)36-27-13-12-25(30(33)35-27)28-22(2)38-40(23(28)3)20-44-18-19-45(4,5)6/h12-15,21,24,29,41H,7-11,16-20H2,1-6H3,(H,37,42)(H,35,36,43)/t21?,24?,29-/m0/s1. The quantitative estimate of drug-likeness (QED) is 0.126. The molecule has 3 aromatic rings. The van der Waals surface area contributed by atoms with E-state index in [0.717, 1.165) is 37.4 Å². The lowest BCUT2D eigenvalue weighted by Crippen LogP contribution is -2.49. The molecule has 246 valence electrons. The van der Waals surface area contributed by atoms with Gasteiger partial charge < -0.3 is 20.5 Å². The van der Waals surface area contributed by atoms with Crippen molar-refractivity contribution >= 4 is 25.7 Å². The molecule has 3 heterocycles. The zero-order valence-electron chi connectivity index (χ0n) is 27.4. The van der Waals surface area contributed by atoms with Gasteiger partial charge in [0.2, 0.25) is 11.9 Å². The number of aryl methyl sites for hydroxylation is 2. The lowest BCUT2D eigenvalue weighted by Gasteiger charge is -2.32. The highest BCUT2D eigenvalue weighted by Crippen LogP contribution is 2.32. The van der Waals surface area contributed by atoms with Gasteiger partial charge in [-0.15, -0.1) is 0 Å². The summed E-state index contributed by atoms with van der Waals surface area (Å²) >= 11 is 0. The van der Waals surface area contributed by atoms with Crippen molar-refractivity contribution in [2.24, 2.45) is 11.8 Å². The SMILES string of the molecule is Cc1nn(COCC[Si](C)(C)C)c(C)c1-c1ccc(NC(=O)[C@@H](NC(=O)c2ccnn2CCCO)C2CCC(C)CC2)nc1F. The first-order chi connectivity index (χ1) is 21.4. The minimum absolute atomic E-state index is 0.0245. The zero-order valence-corrected chi connectivity index (χ0v) is 28.4. The van der Waals surface area contributed by atoms with Crippen LogP contribution < -0.4 is 10.6 Å².